The summed E-state index contributed by atoms with van der Waals surface area (Å²) in [6.45, 7) is 5.26. The molecule has 1 atom stereocenters. The topological polar surface area (TPSA) is 76.8 Å². The summed E-state index contributed by atoms with van der Waals surface area (Å²) in [6, 6.07) is 5.97. The Morgan fingerprint density at radius 1 is 1.46 bits per heavy atom. The number of methoxy groups -OCH3 is 1. The van der Waals surface area contributed by atoms with E-state index in [0.717, 1.165) is 55.8 Å². The average Bonchev–Trinajstić information content (AvgIpc) is 2.62. The maximum atomic E-state index is 11.8. The molecule has 2 rings (SSSR count). The van der Waals surface area contributed by atoms with Crippen LogP contribution in [0.1, 0.15) is 38.2 Å². The summed E-state index contributed by atoms with van der Waals surface area (Å²) in [4.78, 5) is 14.1. The molecule has 3 N–H and O–H groups in total. The fraction of sp³-hybridized carbons (Fsp3) is 0.611. The third-order valence-electron chi connectivity index (χ3n) is 4.44. The molecule has 6 heteroatoms. The minimum absolute atomic E-state index is 0.0428. The molecule has 0 saturated carbocycles. The molecule has 1 saturated heterocycles. The molecule has 1 aliphatic heterocycles. The van der Waals surface area contributed by atoms with Gasteiger partial charge in [0.2, 0.25) is 5.91 Å². The second-order valence-corrected chi connectivity index (χ2v) is 6.23. The molecule has 0 aromatic heterocycles. The number of rotatable bonds is 8. The quantitative estimate of drug-likeness (QED) is 0.329. The van der Waals surface area contributed by atoms with E-state index in [-0.39, 0.29) is 11.8 Å². The largest absolute Gasteiger partial charge is 0.493 e. The SMILES string of the molecule is CCCCOc1c(CN2CCCC(C(=O)NN)C2)cccc1OC. The average molecular weight is 335 g/mol. The standard InChI is InChI=1S/C18H29N3O3/c1-3-4-11-24-17-14(7-5-9-16(17)23-2)12-21-10-6-8-15(13-21)18(22)20-19/h5,7,9,15H,3-4,6,8,10-13,19H2,1-2H3,(H,20,22). The Bertz CT molecular complexity index is 536. The molecule has 134 valence electrons. The number of hydrazine groups is 1. The van der Waals surface area contributed by atoms with Crippen LogP contribution < -0.4 is 20.7 Å². The number of ether oxygens (including phenoxy) is 2. The lowest BCUT2D eigenvalue weighted by Gasteiger charge is -2.32. The molecular weight excluding hydrogens is 306 g/mol. The summed E-state index contributed by atoms with van der Waals surface area (Å²) in [5.74, 6) is 6.73. The van der Waals surface area contributed by atoms with Crippen molar-refractivity contribution in [3.63, 3.8) is 0 Å². The van der Waals surface area contributed by atoms with Crippen molar-refractivity contribution in [2.45, 2.75) is 39.2 Å². The predicted molar refractivity (Wildman–Crippen MR) is 93.7 cm³/mol. The Labute approximate surface area is 144 Å². The lowest BCUT2D eigenvalue weighted by atomic mass is 9.97. The fourth-order valence-corrected chi connectivity index (χ4v) is 3.10. The van der Waals surface area contributed by atoms with Gasteiger partial charge in [0.05, 0.1) is 19.6 Å². The van der Waals surface area contributed by atoms with Gasteiger partial charge >= 0.3 is 0 Å². The number of carbonyl (C=O) groups is 1. The number of likely N-dealkylation sites (tertiary alicyclic amines) is 1. The monoisotopic (exact) mass is 335 g/mol. The zero-order valence-corrected chi connectivity index (χ0v) is 14.7. The zero-order chi connectivity index (χ0) is 17.4. The van der Waals surface area contributed by atoms with E-state index in [4.69, 9.17) is 15.3 Å². The van der Waals surface area contributed by atoms with Crippen molar-refractivity contribution in [1.82, 2.24) is 10.3 Å². The number of unbranched alkanes of at least 4 members (excludes halogenated alkanes) is 1. The van der Waals surface area contributed by atoms with Gasteiger partial charge in [-0.1, -0.05) is 25.5 Å². The van der Waals surface area contributed by atoms with Crippen LogP contribution in [0.2, 0.25) is 0 Å². The number of nitrogens with zero attached hydrogens (tertiary/aromatic N) is 1. The van der Waals surface area contributed by atoms with Crippen molar-refractivity contribution in [3.8, 4) is 11.5 Å². The molecule has 0 bridgehead atoms. The van der Waals surface area contributed by atoms with Gasteiger partial charge in [-0.05, 0) is 31.9 Å². The van der Waals surface area contributed by atoms with Crippen LogP contribution in [-0.2, 0) is 11.3 Å². The number of benzene rings is 1. The van der Waals surface area contributed by atoms with Crippen LogP contribution in [0, 0.1) is 5.92 Å². The minimum atomic E-state index is -0.0789. The van der Waals surface area contributed by atoms with Crippen LogP contribution in [0.25, 0.3) is 0 Å². The highest BCUT2D eigenvalue weighted by Gasteiger charge is 2.26. The normalized spacial score (nSPS) is 18.2. The summed E-state index contributed by atoms with van der Waals surface area (Å²) >= 11 is 0. The number of piperidine rings is 1. The molecule has 1 amide bonds. The van der Waals surface area contributed by atoms with Crippen molar-refractivity contribution in [2.75, 3.05) is 26.8 Å². The lowest BCUT2D eigenvalue weighted by Crippen LogP contribution is -2.44. The van der Waals surface area contributed by atoms with Gasteiger partial charge in [-0.15, -0.1) is 0 Å². The number of hydrogen-bond acceptors (Lipinski definition) is 5. The Morgan fingerprint density at radius 2 is 2.29 bits per heavy atom. The lowest BCUT2D eigenvalue weighted by molar-refractivity contribution is -0.126. The Hall–Kier alpha value is -1.79. The van der Waals surface area contributed by atoms with Crippen LogP contribution in [0.3, 0.4) is 0 Å². The Kier molecular flexibility index (Phi) is 7.34. The highest BCUT2D eigenvalue weighted by Crippen LogP contribution is 2.33. The number of amides is 1. The fourth-order valence-electron chi connectivity index (χ4n) is 3.10. The third-order valence-corrected chi connectivity index (χ3v) is 4.44. The van der Waals surface area contributed by atoms with Gasteiger partial charge in [0, 0.05) is 18.7 Å². The van der Waals surface area contributed by atoms with E-state index in [0.29, 0.717) is 13.2 Å². The van der Waals surface area contributed by atoms with E-state index in [9.17, 15) is 4.79 Å². The van der Waals surface area contributed by atoms with E-state index < -0.39 is 0 Å². The molecule has 24 heavy (non-hydrogen) atoms. The van der Waals surface area contributed by atoms with Crippen molar-refractivity contribution in [2.24, 2.45) is 11.8 Å². The van der Waals surface area contributed by atoms with Crippen LogP contribution in [0.4, 0.5) is 0 Å². The van der Waals surface area contributed by atoms with E-state index in [1.165, 1.54) is 0 Å². The van der Waals surface area contributed by atoms with Crippen LogP contribution in [-0.4, -0.2) is 37.6 Å². The van der Waals surface area contributed by atoms with Crippen LogP contribution >= 0.6 is 0 Å². The van der Waals surface area contributed by atoms with Gasteiger partial charge in [-0.25, -0.2) is 5.84 Å². The molecular formula is C18H29N3O3. The number of carbonyl (C=O) groups excluding carboxylic acids is 1. The number of para-hydroxylation sites is 1. The van der Waals surface area contributed by atoms with E-state index in [1.54, 1.807) is 7.11 Å². The molecule has 1 aliphatic rings. The maximum absolute atomic E-state index is 11.8. The van der Waals surface area contributed by atoms with Crippen molar-refractivity contribution < 1.29 is 14.3 Å². The molecule has 6 nitrogen and oxygen atoms in total. The second-order valence-electron chi connectivity index (χ2n) is 6.23. The molecule has 0 radical (unpaired) electrons. The summed E-state index contributed by atoms with van der Waals surface area (Å²) in [5, 5.41) is 0. The summed E-state index contributed by atoms with van der Waals surface area (Å²) in [6.07, 6.45) is 3.98. The third kappa shape index (κ3) is 4.85. The van der Waals surface area contributed by atoms with E-state index in [2.05, 4.69) is 23.3 Å². The van der Waals surface area contributed by atoms with E-state index in [1.807, 2.05) is 12.1 Å². The summed E-state index contributed by atoms with van der Waals surface area (Å²) in [7, 11) is 1.66. The summed E-state index contributed by atoms with van der Waals surface area (Å²) in [5.41, 5.74) is 3.37. The number of nitrogens with one attached hydrogen (secondary N) is 1. The van der Waals surface area contributed by atoms with Crippen molar-refractivity contribution >= 4 is 5.91 Å². The Balaban J connectivity index is 2.08. The molecule has 0 aliphatic carbocycles. The number of hydrogen-bond donors (Lipinski definition) is 2. The van der Waals surface area contributed by atoms with Gasteiger partial charge in [0.1, 0.15) is 0 Å². The van der Waals surface area contributed by atoms with Gasteiger partial charge in [0.15, 0.2) is 11.5 Å². The van der Waals surface area contributed by atoms with Gasteiger partial charge in [-0.3, -0.25) is 15.1 Å². The van der Waals surface area contributed by atoms with Crippen LogP contribution in [0.5, 0.6) is 11.5 Å². The summed E-state index contributed by atoms with van der Waals surface area (Å²) < 4.78 is 11.4. The first-order valence-corrected chi connectivity index (χ1v) is 8.71. The molecule has 1 aromatic carbocycles. The molecule has 1 aromatic rings. The van der Waals surface area contributed by atoms with Crippen molar-refractivity contribution in [3.05, 3.63) is 23.8 Å². The molecule has 1 heterocycles. The van der Waals surface area contributed by atoms with Gasteiger partial charge in [-0.2, -0.15) is 0 Å². The zero-order valence-electron chi connectivity index (χ0n) is 14.7. The Morgan fingerprint density at radius 3 is 3.00 bits per heavy atom. The molecule has 1 fully saturated rings. The van der Waals surface area contributed by atoms with Gasteiger partial charge < -0.3 is 9.47 Å². The predicted octanol–water partition coefficient (Wildman–Crippen LogP) is 2.08. The smallest absolute Gasteiger partial charge is 0.238 e. The minimum Gasteiger partial charge on any atom is -0.493 e. The molecule has 0 spiro atoms. The second kappa shape index (κ2) is 9.49. The first-order chi connectivity index (χ1) is 11.7. The van der Waals surface area contributed by atoms with E-state index >= 15 is 0 Å². The first kappa shape index (κ1) is 18.5. The number of nitrogens with two attached hydrogens (primary N) is 1. The first-order valence-electron chi connectivity index (χ1n) is 8.71. The van der Waals surface area contributed by atoms with Gasteiger partial charge in [0.25, 0.3) is 0 Å². The van der Waals surface area contributed by atoms with Crippen molar-refractivity contribution in [1.29, 1.82) is 0 Å². The molecule has 1 unspecified atom stereocenters. The highest BCUT2D eigenvalue weighted by molar-refractivity contribution is 5.78. The van der Waals surface area contributed by atoms with Crippen LogP contribution in [0.15, 0.2) is 18.2 Å². The highest BCUT2D eigenvalue weighted by atomic mass is 16.5. The maximum Gasteiger partial charge on any atom is 0.238 e.